The van der Waals surface area contributed by atoms with Crippen molar-refractivity contribution in [3.63, 3.8) is 0 Å². The SMILES string of the molecule is COC(=O)NC1=C2/C(=C\CSSC(C)(C)CCC(=O)NCCNC(=O)OCc3ccc(NC(=O)[C@H](CCCNC(N)=O)NC(=O)[C@@H](NC(=O)CCCCCN4C(=O)CC(I)C4=O)C(C)C)cc3)[C@](O)(C#C/C=C\C#C[C@@H]2OC2OC(C)C(NOC3CC(O)C(SC(=O)c4c(C)c(I)c(OC5OC(C)C(O)C(OC)C5O)c(OC)c4OC)C(C)O3)C(O)C2OC2CC(OC)C(NC(C)=O)CO2)CC1=O. The Morgan fingerprint density at radius 3 is 2.13 bits per heavy atom. The summed E-state index contributed by atoms with van der Waals surface area (Å²) in [4.78, 5) is 165. The highest BCUT2D eigenvalue weighted by Crippen LogP contribution is 2.50. The van der Waals surface area contributed by atoms with Crippen LogP contribution in [0.4, 0.5) is 20.1 Å². The fourth-order valence-electron chi connectivity index (χ4n) is 16.0. The van der Waals surface area contributed by atoms with Gasteiger partial charge in [0.2, 0.25) is 58.5 Å². The van der Waals surface area contributed by atoms with Gasteiger partial charge in [-0.1, -0.05) is 118 Å². The molecule has 0 spiro atoms. The van der Waals surface area contributed by atoms with E-state index >= 15 is 0 Å². The number of thioether (sulfide) groups is 1. The first-order valence-electron chi connectivity index (χ1n) is 45.0. The third kappa shape index (κ3) is 31.4. The van der Waals surface area contributed by atoms with Crippen molar-refractivity contribution in [3.8, 4) is 40.9 Å². The van der Waals surface area contributed by atoms with Gasteiger partial charge in [-0.2, -0.15) is 5.48 Å². The second kappa shape index (κ2) is 53.7. The Morgan fingerprint density at radius 1 is 0.761 bits per heavy atom. The van der Waals surface area contributed by atoms with Crippen molar-refractivity contribution >= 4 is 155 Å². The Balaban J connectivity index is 0.796. The minimum absolute atomic E-state index is 0.00333. The number of nitrogens with zero attached hydrogens (tertiary/aromatic N) is 1. The van der Waals surface area contributed by atoms with E-state index in [1.807, 2.05) is 59.0 Å². The lowest BCUT2D eigenvalue weighted by Gasteiger charge is -2.46. The molecule has 2 aliphatic carbocycles. The number of nitrogens with two attached hydrogens (primary N) is 1. The number of methoxy groups -OCH3 is 5. The first-order valence-corrected chi connectivity index (χ1v) is 50.5. The number of hydroxylamine groups is 1. The van der Waals surface area contributed by atoms with Crippen LogP contribution >= 0.6 is 78.5 Å². The van der Waals surface area contributed by atoms with Gasteiger partial charge in [-0.3, -0.25) is 58.2 Å². The summed E-state index contributed by atoms with van der Waals surface area (Å²) >= 11 is 4.70. The van der Waals surface area contributed by atoms with Crippen LogP contribution in [0.15, 0.2) is 59.3 Å². The zero-order chi connectivity index (χ0) is 101. The van der Waals surface area contributed by atoms with Crippen LogP contribution in [0.1, 0.15) is 154 Å². The van der Waals surface area contributed by atoms with Gasteiger partial charge in [-0.25, -0.2) is 14.4 Å². The average Bonchev–Trinajstić information content (AvgIpc) is 0.844. The fraction of sp³-hybridized carbons (Fsp3) is 0.626. The van der Waals surface area contributed by atoms with Crippen LogP contribution < -0.4 is 68.0 Å². The zero-order valence-corrected chi connectivity index (χ0v) is 85.8. The number of ketones is 1. The number of nitrogens with one attached hydrogen (secondary N) is 9. The molecule has 5 saturated heterocycles. The number of ether oxygens (including phenoxy) is 13. The van der Waals surface area contributed by atoms with Crippen LogP contribution in [0.2, 0.25) is 0 Å². The number of allylic oxidation sites excluding steroid dienone is 3. The number of anilines is 1. The van der Waals surface area contributed by atoms with Crippen molar-refractivity contribution in [1.82, 2.24) is 47.6 Å². The van der Waals surface area contributed by atoms with Gasteiger partial charge in [0.1, 0.15) is 55.3 Å². The number of Topliss-reactive ketones (excluding diaryl/α,β-unsaturated/α-hetero) is 1. The number of amides is 11. The molecule has 7 aliphatic rings. The Morgan fingerprint density at radius 2 is 1.47 bits per heavy atom. The molecular weight excluding hydrogens is 2090 g/mol. The first kappa shape index (κ1) is 113. The summed E-state index contributed by atoms with van der Waals surface area (Å²) in [6, 6.07) is 1.60. The standard InChI is InChI=1S/C91H125I2N11O31S3/c1-45(2)69(101-62(109)25-19-17-21-37-104-63(110)39-54(92)83(104)116)82(115)100-55(23-22-34-96-87(94)118)81(114)99-52-28-26-51(27-29-52)43-128-88(119)97-36-35-95-61(108)30-33-90(8,9)138-136-38-31-53-67-59(24-18-15-16-20-32-91(53,121)42-58(107)71(67)102-89(120)126-14)132-86-78(133-64-41-60(122-10)56(44-127-64)98-50(7)105)73(112)70(47(4)130-86)103-135-65-40-57(106)80(49(6)129-65)137-84(117)66-46(3)68(93)76(79(125-13)75(66)123-11)134-85-74(113)77(124-12)72(111)48(5)131-85/h15-16,26-29,31,45,47-49,54-57,59-60,64-65,69-70,72-74,77-78,80,85-86,103,106,111-113,121H,17,19,21-23,25,30,33-44H2,1-14H3,(H,95,108)(H,97,119)(H,98,105)(H,99,114)(H,100,115)(H,101,109)(H,102,120)(H3,94,96,118)/b16-15-,53-31+/t47?,48?,49?,54?,55-,56?,57?,59-,60?,64?,65?,69-,70?,72?,73?,74?,77?,78?,80?,85?,86?,91-/m0/s1. The van der Waals surface area contributed by atoms with Crippen LogP contribution in [0.3, 0.4) is 0 Å². The molecule has 42 nitrogen and oxygen atoms in total. The lowest BCUT2D eigenvalue weighted by Crippen LogP contribution is -2.65. The third-order valence-corrected chi connectivity index (χ3v) is 30.3. The molecule has 11 amide bonds. The van der Waals surface area contributed by atoms with E-state index < -0.39 is 185 Å². The summed E-state index contributed by atoms with van der Waals surface area (Å²) in [5, 5.41) is 79.2. The number of carbonyl (C=O) groups excluding carboxylic acids is 12. The number of aliphatic hydroxyl groups excluding tert-OH is 4. The number of primary amides is 1. The Bertz CT molecular complexity index is 4870. The van der Waals surface area contributed by atoms with Gasteiger partial charge >= 0.3 is 18.2 Å². The van der Waals surface area contributed by atoms with Gasteiger partial charge < -0.3 is 130 Å². The molecule has 16 N–H and O–H groups in total. The Kier molecular flexibility index (Phi) is 44.1. The maximum absolute atomic E-state index is 14.6. The quantitative estimate of drug-likeness (QED) is 0.00841. The molecule has 22 atom stereocenters. The van der Waals surface area contributed by atoms with E-state index in [1.54, 1.807) is 71.9 Å². The van der Waals surface area contributed by atoms with Gasteiger partial charge in [-0.15, -0.1) is 0 Å². The Hall–Kier alpha value is -8.27. The summed E-state index contributed by atoms with van der Waals surface area (Å²) in [5.41, 5.74) is 6.66. The van der Waals surface area contributed by atoms with Gasteiger partial charge in [0, 0.05) is 107 Å². The predicted molar refractivity (Wildman–Crippen MR) is 519 cm³/mol. The summed E-state index contributed by atoms with van der Waals surface area (Å²) < 4.78 is 77.3. The minimum atomic E-state index is -2.26. The van der Waals surface area contributed by atoms with Crippen molar-refractivity contribution in [2.75, 3.05) is 79.4 Å². The summed E-state index contributed by atoms with van der Waals surface area (Å²) in [5.74, 6) is 7.68. The molecule has 0 aromatic heterocycles. The molecule has 762 valence electrons. The molecule has 0 saturated carbocycles. The Labute approximate surface area is 839 Å². The monoisotopic (exact) mass is 2220 g/mol. The maximum Gasteiger partial charge on any atom is 0.411 e. The van der Waals surface area contributed by atoms with E-state index in [0.717, 1.165) is 18.9 Å². The number of alkyl carbamates (subject to hydrolysis) is 2. The van der Waals surface area contributed by atoms with E-state index in [2.05, 4.69) is 71.7 Å². The molecule has 2 aromatic carbocycles. The topological polar surface area (TPSA) is 573 Å². The number of unbranched alkanes of at least 4 members (excludes halogenated alkanes) is 2. The van der Waals surface area contributed by atoms with Crippen molar-refractivity contribution in [2.24, 2.45) is 11.7 Å². The fourth-order valence-corrected chi connectivity index (χ4v) is 20.9. The van der Waals surface area contributed by atoms with E-state index in [-0.39, 0.29) is 163 Å². The highest BCUT2D eigenvalue weighted by Gasteiger charge is 2.53. The number of urea groups is 1. The highest BCUT2D eigenvalue weighted by atomic mass is 127. The van der Waals surface area contributed by atoms with Crippen LogP contribution in [0.25, 0.3) is 0 Å². The smallest absolute Gasteiger partial charge is 0.411 e. The first-order chi connectivity index (χ1) is 65.5. The van der Waals surface area contributed by atoms with E-state index in [4.69, 9.17) is 72.2 Å². The number of aliphatic hydroxyl groups is 5. The van der Waals surface area contributed by atoms with Gasteiger partial charge in [0.15, 0.2) is 41.8 Å². The molecule has 2 aromatic rings. The molecule has 2 bridgehead atoms. The van der Waals surface area contributed by atoms with Crippen molar-refractivity contribution < 1.29 is 149 Å². The second-order valence-corrected chi connectivity index (χ2v) is 41.3. The second-order valence-electron chi connectivity index (χ2n) is 34.5. The van der Waals surface area contributed by atoms with E-state index in [9.17, 15) is 83.1 Å². The average molecular weight is 2220 g/mol. The van der Waals surface area contributed by atoms with Crippen LogP contribution in [-0.2, 0) is 97.2 Å². The van der Waals surface area contributed by atoms with Crippen molar-refractivity contribution in [2.45, 2.75) is 282 Å². The number of benzene rings is 2. The minimum Gasteiger partial charge on any atom is -0.492 e. The number of halogens is 2. The molecule has 0 radical (unpaired) electrons. The number of hydrogen-bond acceptors (Lipinski definition) is 35. The van der Waals surface area contributed by atoms with Crippen LogP contribution in [0, 0.1) is 40.1 Å². The lowest BCUT2D eigenvalue weighted by atomic mass is 9.75. The molecule has 138 heavy (non-hydrogen) atoms. The maximum atomic E-state index is 14.6. The number of fused-ring (bicyclic) bond motifs is 2. The number of hydrogen-bond donors (Lipinski definition) is 15. The van der Waals surface area contributed by atoms with Gasteiger partial charge in [0.05, 0.1) is 101 Å². The van der Waals surface area contributed by atoms with Crippen molar-refractivity contribution in [1.29, 1.82) is 0 Å². The normalized spacial score (nSPS) is 27.9. The molecule has 47 heteroatoms. The van der Waals surface area contributed by atoms with Crippen LogP contribution in [0.5, 0.6) is 17.2 Å². The number of alkyl halides is 1. The largest absolute Gasteiger partial charge is 0.492 e. The predicted octanol–water partition coefficient (Wildman–Crippen LogP) is 4.18. The zero-order valence-electron chi connectivity index (χ0n) is 79.0. The van der Waals surface area contributed by atoms with Gasteiger partial charge in [-0.05, 0) is 138 Å². The number of rotatable bonds is 45. The summed E-state index contributed by atoms with van der Waals surface area (Å²) in [6.45, 7) is 15.2. The third-order valence-electron chi connectivity index (χ3n) is 23.5. The van der Waals surface area contributed by atoms with E-state index in [0.29, 0.717) is 46.1 Å². The number of likely N-dealkylation sites (tertiary alicyclic amines) is 1. The molecule has 9 rings (SSSR count). The molecular formula is C91H125I2N11O31S3. The van der Waals surface area contributed by atoms with Crippen molar-refractivity contribution in [3.05, 3.63) is 79.6 Å². The molecule has 5 heterocycles. The van der Waals surface area contributed by atoms with E-state index in [1.165, 1.54) is 74.0 Å². The summed E-state index contributed by atoms with van der Waals surface area (Å²) in [6.07, 6.45) is -14.7. The van der Waals surface area contributed by atoms with Crippen LogP contribution in [-0.4, -0.2) is 311 Å². The number of carbonyl (C=O) groups is 12. The molecule has 18 unspecified atom stereocenters. The number of imide groups is 1. The summed E-state index contributed by atoms with van der Waals surface area (Å²) in [7, 11) is 9.25. The molecule has 5 fully saturated rings. The molecule has 5 aliphatic heterocycles. The highest BCUT2D eigenvalue weighted by molar-refractivity contribution is 14.1. The van der Waals surface area contributed by atoms with Gasteiger partial charge in [0.25, 0.3) is 0 Å². The lowest BCUT2D eigenvalue weighted by molar-refractivity contribution is -0.336.